The molecule has 0 amide bonds. The molecule has 4 rings (SSSR count). The number of carbonyl (C=O) groups is 1. The first-order chi connectivity index (χ1) is 14.1. The van der Waals surface area contributed by atoms with Crippen LogP contribution in [0, 0.1) is 0 Å². The van der Waals surface area contributed by atoms with E-state index in [1.165, 1.54) is 4.68 Å². The highest BCUT2D eigenvalue weighted by molar-refractivity contribution is 5.97. The largest absolute Gasteiger partial charge is 0.461 e. The van der Waals surface area contributed by atoms with Crippen molar-refractivity contribution in [2.75, 3.05) is 24.3 Å². The fourth-order valence-corrected chi connectivity index (χ4v) is 2.87. The van der Waals surface area contributed by atoms with Crippen LogP contribution < -0.4 is 10.2 Å². The zero-order valence-corrected chi connectivity index (χ0v) is 16.2. The molecule has 29 heavy (non-hydrogen) atoms. The van der Waals surface area contributed by atoms with Crippen molar-refractivity contribution in [1.29, 1.82) is 0 Å². The Hall–Kier alpha value is -3.87. The van der Waals surface area contributed by atoms with E-state index in [0.717, 1.165) is 11.3 Å². The highest BCUT2D eigenvalue weighted by Gasteiger charge is 2.19. The summed E-state index contributed by atoms with van der Waals surface area (Å²) < 4.78 is 6.67. The van der Waals surface area contributed by atoms with Gasteiger partial charge >= 0.3 is 0 Å². The van der Waals surface area contributed by atoms with Crippen molar-refractivity contribution in [1.82, 2.24) is 14.8 Å². The zero-order valence-electron chi connectivity index (χ0n) is 16.2. The van der Waals surface area contributed by atoms with Crippen molar-refractivity contribution in [3.05, 3.63) is 84.1 Å². The van der Waals surface area contributed by atoms with Crippen LogP contribution in [0.1, 0.15) is 15.9 Å². The summed E-state index contributed by atoms with van der Waals surface area (Å²) in [7, 11) is 4.00. The van der Waals surface area contributed by atoms with Crippen molar-refractivity contribution >= 4 is 17.5 Å². The van der Waals surface area contributed by atoms with E-state index in [1.807, 2.05) is 61.5 Å². The molecule has 2 aromatic heterocycles. The summed E-state index contributed by atoms with van der Waals surface area (Å²) in [5.41, 5.74) is 2.72. The predicted molar refractivity (Wildman–Crippen MR) is 112 cm³/mol. The third-order valence-corrected chi connectivity index (χ3v) is 4.47. The van der Waals surface area contributed by atoms with Crippen LogP contribution in [0.15, 0.2) is 77.4 Å². The molecule has 0 spiro atoms. The van der Waals surface area contributed by atoms with Crippen molar-refractivity contribution in [2.45, 2.75) is 6.54 Å². The van der Waals surface area contributed by atoms with Gasteiger partial charge in [-0.15, -0.1) is 5.10 Å². The smallest absolute Gasteiger partial charge is 0.281 e. The molecule has 0 saturated heterocycles. The molecule has 0 saturated carbocycles. The van der Waals surface area contributed by atoms with E-state index in [-0.39, 0.29) is 5.91 Å². The molecular weight excluding hydrogens is 366 g/mol. The van der Waals surface area contributed by atoms with Crippen LogP contribution in [0.4, 0.5) is 11.6 Å². The maximum Gasteiger partial charge on any atom is 0.281 e. The van der Waals surface area contributed by atoms with Gasteiger partial charge in [-0.25, -0.2) is 0 Å². The second kappa shape index (κ2) is 8.02. The number of hydrogen-bond acceptors (Lipinski definition) is 6. The maximum absolute atomic E-state index is 13.0. The Balaban J connectivity index is 1.61. The Morgan fingerprint density at radius 2 is 1.79 bits per heavy atom. The van der Waals surface area contributed by atoms with Gasteiger partial charge < -0.3 is 14.6 Å². The van der Waals surface area contributed by atoms with Gasteiger partial charge in [0.15, 0.2) is 5.76 Å². The first-order valence-corrected chi connectivity index (χ1v) is 9.22. The number of nitrogens with one attached hydrogen (secondary N) is 1. The van der Waals surface area contributed by atoms with Gasteiger partial charge in [0.05, 0.1) is 6.26 Å². The van der Waals surface area contributed by atoms with Crippen LogP contribution in [0.2, 0.25) is 0 Å². The van der Waals surface area contributed by atoms with E-state index >= 15 is 0 Å². The van der Waals surface area contributed by atoms with Crippen LogP contribution in [0.25, 0.3) is 11.6 Å². The van der Waals surface area contributed by atoms with Crippen molar-refractivity contribution in [3.8, 4) is 11.6 Å². The molecule has 0 aliphatic rings. The summed E-state index contributed by atoms with van der Waals surface area (Å²) in [4.78, 5) is 19.5. The lowest BCUT2D eigenvalue weighted by Crippen LogP contribution is -2.17. The molecule has 2 heterocycles. The first-order valence-electron chi connectivity index (χ1n) is 9.22. The SMILES string of the molecule is CN(C)c1ccc(CNc2nc(-c3ccco3)nn2C(=O)c2ccccc2)cc1. The van der Waals surface area contributed by atoms with E-state index in [9.17, 15) is 4.79 Å². The van der Waals surface area contributed by atoms with Gasteiger partial charge in [-0.1, -0.05) is 30.3 Å². The molecule has 0 fully saturated rings. The lowest BCUT2D eigenvalue weighted by Gasteiger charge is -2.13. The van der Waals surface area contributed by atoms with E-state index in [1.54, 1.807) is 30.5 Å². The van der Waals surface area contributed by atoms with E-state index in [0.29, 0.717) is 29.6 Å². The Labute approximate surface area is 168 Å². The minimum absolute atomic E-state index is 0.263. The quantitative estimate of drug-likeness (QED) is 0.541. The molecule has 0 aliphatic carbocycles. The summed E-state index contributed by atoms with van der Waals surface area (Å²) in [6.07, 6.45) is 1.55. The van der Waals surface area contributed by atoms with Gasteiger partial charge in [0.2, 0.25) is 11.8 Å². The molecule has 0 radical (unpaired) electrons. The Morgan fingerprint density at radius 3 is 2.45 bits per heavy atom. The average Bonchev–Trinajstić information content (AvgIpc) is 3.42. The predicted octanol–water partition coefficient (Wildman–Crippen LogP) is 3.90. The molecule has 1 N–H and O–H groups in total. The highest BCUT2D eigenvalue weighted by Crippen LogP contribution is 2.20. The standard InChI is InChI=1S/C22H21N5O2/c1-26(2)18-12-10-16(11-13-18)15-23-22-24-20(19-9-6-14-29-19)25-27(22)21(28)17-7-4-3-5-8-17/h3-14H,15H2,1-2H3,(H,23,24,25). The second-order valence-electron chi connectivity index (χ2n) is 6.73. The number of carbonyl (C=O) groups excluding carboxylic acids is 1. The average molecular weight is 387 g/mol. The third kappa shape index (κ3) is 4.03. The van der Waals surface area contributed by atoms with Crippen LogP contribution in [0.5, 0.6) is 0 Å². The molecule has 7 nitrogen and oxygen atoms in total. The number of furan rings is 1. The highest BCUT2D eigenvalue weighted by atomic mass is 16.3. The first kappa shape index (κ1) is 18.5. The summed E-state index contributed by atoms with van der Waals surface area (Å²) >= 11 is 0. The van der Waals surface area contributed by atoms with Gasteiger partial charge in [-0.3, -0.25) is 4.79 Å². The lowest BCUT2D eigenvalue weighted by atomic mass is 10.2. The number of aromatic nitrogens is 3. The molecular formula is C22H21N5O2. The number of benzene rings is 2. The fourth-order valence-electron chi connectivity index (χ4n) is 2.87. The van der Waals surface area contributed by atoms with Crippen molar-refractivity contribution < 1.29 is 9.21 Å². The summed E-state index contributed by atoms with van der Waals surface area (Å²) in [6, 6.07) is 20.7. The molecule has 4 aromatic rings. The molecule has 146 valence electrons. The fraction of sp³-hybridized carbons (Fsp3) is 0.136. The van der Waals surface area contributed by atoms with Crippen LogP contribution in [0.3, 0.4) is 0 Å². The Kier molecular flexibility index (Phi) is 5.11. The zero-order chi connectivity index (χ0) is 20.2. The maximum atomic E-state index is 13.0. The summed E-state index contributed by atoms with van der Waals surface area (Å²) in [5, 5.41) is 7.60. The second-order valence-corrected chi connectivity index (χ2v) is 6.73. The number of rotatable bonds is 6. The van der Waals surface area contributed by atoms with Crippen LogP contribution in [-0.2, 0) is 6.54 Å². The van der Waals surface area contributed by atoms with E-state index in [4.69, 9.17) is 4.42 Å². The molecule has 0 bridgehead atoms. The normalized spacial score (nSPS) is 10.7. The monoisotopic (exact) mass is 387 g/mol. The summed E-state index contributed by atoms with van der Waals surface area (Å²) in [5.74, 6) is 0.955. The van der Waals surface area contributed by atoms with Crippen molar-refractivity contribution in [2.24, 2.45) is 0 Å². The number of nitrogens with zero attached hydrogens (tertiary/aromatic N) is 4. The molecule has 0 atom stereocenters. The Bertz CT molecular complexity index is 1080. The Morgan fingerprint density at radius 1 is 1.03 bits per heavy atom. The van der Waals surface area contributed by atoms with Gasteiger partial charge in [0.25, 0.3) is 5.91 Å². The van der Waals surface area contributed by atoms with Gasteiger partial charge in [0.1, 0.15) is 0 Å². The van der Waals surface area contributed by atoms with Gasteiger partial charge in [0, 0.05) is 31.9 Å². The van der Waals surface area contributed by atoms with E-state index < -0.39 is 0 Å². The molecule has 0 aliphatic heterocycles. The topological polar surface area (TPSA) is 76.2 Å². The number of anilines is 2. The molecule has 7 heteroatoms. The minimum Gasteiger partial charge on any atom is -0.461 e. The third-order valence-electron chi connectivity index (χ3n) is 4.47. The van der Waals surface area contributed by atoms with E-state index in [2.05, 4.69) is 15.4 Å². The van der Waals surface area contributed by atoms with Gasteiger partial charge in [-0.05, 0) is 42.0 Å². The molecule has 0 unspecified atom stereocenters. The number of hydrogen-bond donors (Lipinski definition) is 1. The lowest BCUT2D eigenvalue weighted by molar-refractivity contribution is 0.0947. The van der Waals surface area contributed by atoms with Crippen LogP contribution >= 0.6 is 0 Å². The van der Waals surface area contributed by atoms with Crippen molar-refractivity contribution in [3.63, 3.8) is 0 Å². The van der Waals surface area contributed by atoms with Crippen LogP contribution in [-0.4, -0.2) is 34.8 Å². The summed E-state index contributed by atoms with van der Waals surface area (Å²) in [6.45, 7) is 0.506. The molecule has 2 aromatic carbocycles. The van der Waals surface area contributed by atoms with Gasteiger partial charge in [-0.2, -0.15) is 9.67 Å². The minimum atomic E-state index is -0.263.